The number of hydrogen-bond donors (Lipinski definition) is 0. The highest BCUT2D eigenvalue weighted by Gasteiger charge is 2.19. The van der Waals surface area contributed by atoms with Crippen molar-refractivity contribution < 1.29 is 28.6 Å². The normalized spacial score (nSPS) is 11.9. The molecule has 0 aliphatic rings. The van der Waals surface area contributed by atoms with Gasteiger partial charge in [0.15, 0.2) is 6.10 Å². The molecule has 0 radical (unpaired) electrons. The van der Waals surface area contributed by atoms with E-state index in [9.17, 15) is 14.4 Å². The first-order valence-corrected chi connectivity index (χ1v) is 33.0. The highest BCUT2D eigenvalue weighted by Crippen LogP contribution is 2.19. The van der Waals surface area contributed by atoms with Gasteiger partial charge in [-0.2, -0.15) is 0 Å². The Morgan fingerprint density at radius 3 is 0.556 bits per heavy atom. The molecule has 0 bridgehead atoms. The summed E-state index contributed by atoms with van der Waals surface area (Å²) in [5.41, 5.74) is 0. The third-order valence-corrected chi connectivity index (χ3v) is 15.4. The Morgan fingerprint density at radius 1 is 0.222 bits per heavy atom. The minimum atomic E-state index is -0.761. The van der Waals surface area contributed by atoms with Crippen molar-refractivity contribution in [2.75, 3.05) is 13.2 Å². The van der Waals surface area contributed by atoms with E-state index in [1.54, 1.807) is 0 Å². The summed E-state index contributed by atoms with van der Waals surface area (Å²) < 4.78 is 16.9. The Morgan fingerprint density at radius 2 is 0.375 bits per heavy atom. The van der Waals surface area contributed by atoms with Gasteiger partial charge in [-0.3, -0.25) is 14.4 Å². The SMILES string of the molecule is CCCCCCCCCCCCCCCCCCCCCCCCCCC(=O)OCC(COC(=O)CCCCCCCCC)OC(=O)CCCCCCCCCCCCCCCCCCCCCCCCC. The Labute approximate surface area is 450 Å². The standard InChI is InChI=1S/C66H128O6/c1-4-7-10-13-16-18-20-22-24-26-28-30-32-34-35-37-39-41-43-45-47-50-53-56-59-65(68)71-62-63(61-70-64(67)58-55-52-49-15-12-9-6-3)72-66(69)60-57-54-51-48-46-44-42-40-38-36-33-31-29-27-25-23-21-19-17-14-11-8-5-2/h63H,4-62H2,1-3H3. The van der Waals surface area contributed by atoms with E-state index < -0.39 is 6.10 Å². The Kier molecular flexibility index (Phi) is 60.6. The largest absolute Gasteiger partial charge is 0.462 e. The second-order valence-corrected chi connectivity index (χ2v) is 22.8. The van der Waals surface area contributed by atoms with Crippen LogP contribution in [-0.4, -0.2) is 37.2 Å². The predicted molar refractivity (Wildman–Crippen MR) is 312 cm³/mol. The molecular weight excluding hydrogens is 889 g/mol. The van der Waals surface area contributed by atoms with Crippen LogP contribution in [0, 0.1) is 0 Å². The van der Waals surface area contributed by atoms with Crippen molar-refractivity contribution in [1.29, 1.82) is 0 Å². The van der Waals surface area contributed by atoms with Crippen LogP contribution in [0.15, 0.2) is 0 Å². The minimum absolute atomic E-state index is 0.0614. The number of carbonyl (C=O) groups excluding carboxylic acids is 3. The second kappa shape index (κ2) is 62.0. The lowest BCUT2D eigenvalue weighted by Crippen LogP contribution is -2.30. The molecule has 0 N–H and O–H groups in total. The van der Waals surface area contributed by atoms with Gasteiger partial charge in [-0.15, -0.1) is 0 Å². The smallest absolute Gasteiger partial charge is 0.306 e. The number of rotatable bonds is 62. The monoisotopic (exact) mass is 1020 g/mol. The van der Waals surface area contributed by atoms with E-state index in [0.29, 0.717) is 19.3 Å². The van der Waals surface area contributed by atoms with Gasteiger partial charge in [0.25, 0.3) is 0 Å². The summed E-state index contributed by atoms with van der Waals surface area (Å²) in [4.78, 5) is 38.1. The molecule has 0 saturated heterocycles. The fourth-order valence-corrected chi connectivity index (χ4v) is 10.4. The molecule has 0 fully saturated rings. The van der Waals surface area contributed by atoms with Gasteiger partial charge in [0.1, 0.15) is 13.2 Å². The second-order valence-electron chi connectivity index (χ2n) is 22.8. The summed E-state index contributed by atoms with van der Waals surface area (Å²) in [7, 11) is 0. The molecule has 0 amide bonds. The molecule has 1 unspecified atom stereocenters. The van der Waals surface area contributed by atoms with E-state index in [4.69, 9.17) is 14.2 Å². The summed E-state index contributed by atoms with van der Waals surface area (Å²) >= 11 is 0. The van der Waals surface area contributed by atoms with E-state index in [0.717, 1.165) is 57.8 Å². The molecule has 0 heterocycles. The molecule has 72 heavy (non-hydrogen) atoms. The van der Waals surface area contributed by atoms with E-state index in [1.807, 2.05) is 0 Å². The van der Waals surface area contributed by atoms with Gasteiger partial charge >= 0.3 is 17.9 Å². The van der Waals surface area contributed by atoms with Gasteiger partial charge in [0, 0.05) is 19.3 Å². The van der Waals surface area contributed by atoms with E-state index in [-0.39, 0.29) is 31.1 Å². The van der Waals surface area contributed by atoms with Crippen LogP contribution < -0.4 is 0 Å². The van der Waals surface area contributed by atoms with Crippen LogP contribution in [0.4, 0.5) is 0 Å². The molecule has 0 spiro atoms. The van der Waals surface area contributed by atoms with Crippen molar-refractivity contribution in [3.8, 4) is 0 Å². The van der Waals surface area contributed by atoms with Gasteiger partial charge in [-0.1, -0.05) is 348 Å². The van der Waals surface area contributed by atoms with Gasteiger partial charge in [-0.05, 0) is 19.3 Å². The molecule has 0 rings (SSSR count). The quantitative estimate of drug-likeness (QED) is 0.0343. The molecule has 0 aromatic heterocycles. The maximum atomic E-state index is 12.9. The molecule has 6 heteroatoms. The van der Waals surface area contributed by atoms with E-state index >= 15 is 0 Å². The molecule has 0 aliphatic carbocycles. The van der Waals surface area contributed by atoms with Crippen LogP contribution in [0.2, 0.25) is 0 Å². The molecule has 0 aliphatic heterocycles. The van der Waals surface area contributed by atoms with Gasteiger partial charge in [0.2, 0.25) is 0 Å². The Bertz CT molecular complexity index is 1080. The van der Waals surface area contributed by atoms with Crippen LogP contribution >= 0.6 is 0 Å². The van der Waals surface area contributed by atoms with Gasteiger partial charge in [0.05, 0.1) is 0 Å². The fourth-order valence-electron chi connectivity index (χ4n) is 10.4. The predicted octanol–water partition coefficient (Wildman–Crippen LogP) is 22.3. The van der Waals surface area contributed by atoms with E-state index in [1.165, 1.54) is 289 Å². The highest BCUT2D eigenvalue weighted by atomic mass is 16.6. The number of carbonyl (C=O) groups is 3. The number of ether oxygens (including phenoxy) is 3. The first kappa shape index (κ1) is 70.4. The van der Waals surface area contributed by atoms with Crippen molar-refractivity contribution in [3.05, 3.63) is 0 Å². The average molecular weight is 1020 g/mol. The summed E-state index contributed by atoms with van der Waals surface area (Å²) in [6.45, 7) is 6.69. The lowest BCUT2D eigenvalue weighted by molar-refractivity contribution is -0.167. The fraction of sp³-hybridized carbons (Fsp3) is 0.955. The summed E-state index contributed by atoms with van der Waals surface area (Å²) in [5, 5.41) is 0. The van der Waals surface area contributed by atoms with Crippen LogP contribution in [0.5, 0.6) is 0 Å². The van der Waals surface area contributed by atoms with Crippen LogP contribution in [-0.2, 0) is 28.6 Å². The molecule has 0 aromatic carbocycles. The molecule has 0 saturated carbocycles. The molecule has 6 nitrogen and oxygen atoms in total. The van der Waals surface area contributed by atoms with Crippen LogP contribution in [0.3, 0.4) is 0 Å². The zero-order chi connectivity index (χ0) is 52.2. The lowest BCUT2D eigenvalue weighted by atomic mass is 10.0. The maximum Gasteiger partial charge on any atom is 0.306 e. The molecular formula is C66H128O6. The van der Waals surface area contributed by atoms with Crippen LogP contribution in [0.25, 0.3) is 0 Å². The van der Waals surface area contributed by atoms with Crippen molar-refractivity contribution in [2.24, 2.45) is 0 Å². The molecule has 428 valence electrons. The number of esters is 3. The molecule has 1 atom stereocenters. The Hall–Kier alpha value is -1.59. The van der Waals surface area contributed by atoms with Crippen molar-refractivity contribution in [1.82, 2.24) is 0 Å². The Balaban J connectivity index is 4.03. The first-order valence-electron chi connectivity index (χ1n) is 33.0. The first-order chi connectivity index (χ1) is 35.5. The van der Waals surface area contributed by atoms with E-state index in [2.05, 4.69) is 20.8 Å². The number of unbranched alkanes of at least 4 members (excludes halogenated alkanes) is 51. The summed E-state index contributed by atoms with van der Waals surface area (Å²) in [5.74, 6) is -0.835. The zero-order valence-electron chi connectivity index (χ0n) is 49.2. The van der Waals surface area contributed by atoms with Crippen molar-refractivity contribution in [2.45, 2.75) is 393 Å². The average Bonchev–Trinajstić information content (AvgIpc) is 3.38. The number of hydrogen-bond acceptors (Lipinski definition) is 6. The summed E-state index contributed by atoms with van der Waals surface area (Å²) in [6.07, 6.45) is 71.5. The maximum absolute atomic E-state index is 12.9. The highest BCUT2D eigenvalue weighted by molar-refractivity contribution is 5.71. The lowest BCUT2D eigenvalue weighted by Gasteiger charge is -2.18. The summed E-state index contributed by atoms with van der Waals surface area (Å²) in [6, 6.07) is 0. The minimum Gasteiger partial charge on any atom is -0.462 e. The van der Waals surface area contributed by atoms with Crippen molar-refractivity contribution in [3.63, 3.8) is 0 Å². The topological polar surface area (TPSA) is 78.9 Å². The van der Waals surface area contributed by atoms with Crippen LogP contribution in [0.1, 0.15) is 387 Å². The van der Waals surface area contributed by atoms with Crippen molar-refractivity contribution >= 4 is 17.9 Å². The zero-order valence-corrected chi connectivity index (χ0v) is 49.2. The third kappa shape index (κ3) is 59.3. The van der Waals surface area contributed by atoms with Gasteiger partial charge < -0.3 is 14.2 Å². The third-order valence-electron chi connectivity index (χ3n) is 15.4. The van der Waals surface area contributed by atoms with Gasteiger partial charge in [-0.25, -0.2) is 0 Å². The molecule has 0 aromatic rings.